The molecule has 0 aliphatic heterocycles. The van der Waals surface area contributed by atoms with Crippen LogP contribution in [0.5, 0.6) is 0 Å². The van der Waals surface area contributed by atoms with Crippen LogP contribution in [-0.2, 0) is 5.41 Å². The standard InChI is InChI=1S/C21H17N/c22-13-21-18-11-5-3-8-15(18)14-7-1-2-9-16(14)20(21)17-10-4-6-12-19(17)21/h1-3,5-9,11-12,17,19-20H,4,10H2/t17?,19?,20?,21-/m1/s1. The predicted molar refractivity (Wildman–Crippen MR) is 87.3 cm³/mol. The highest BCUT2D eigenvalue weighted by Gasteiger charge is 2.65. The van der Waals surface area contributed by atoms with Crippen LogP contribution < -0.4 is 0 Å². The molecular weight excluding hydrogens is 266 g/mol. The Morgan fingerprint density at radius 1 is 1.00 bits per heavy atom. The first-order valence-electron chi connectivity index (χ1n) is 8.14. The van der Waals surface area contributed by atoms with Crippen molar-refractivity contribution < 1.29 is 0 Å². The zero-order valence-corrected chi connectivity index (χ0v) is 12.4. The van der Waals surface area contributed by atoms with E-state index in [1.54, 1.807) is 0 Å². The van der Waals surface area contributed by atoms with Crippen molar-refractivity contribution in [1.29, 1.82) is 5.26 Å². The molecule has 0 spiro atoms. The summed E-state index contributed by atoms with van der Waals surface area (Å²) in [7, 11) is 0. The van der Waals surface area contributed by atoms with Crippen molar-refractivity contribution in [3.05, 3.63) is 71.8 Å². The van der Waals surface area contributed by atoms with Crippen molar-refractivity contribution in [1.82, 2.24) is 0 Å². The molecule has 0 N–H and O–H groups in total. The molecule has 22 heavy (non-hydrogen) atoms. The Labute approximate surface area is 130 Å². The van der Waals surface area contributed by atoms with Gasteiger partial charge in [0.1, 0.15) is 0 Å². The Morgan fingerprint density at radius 3 is 2.64 bits per heavy atom. The third-order valence-electron chi connectivity index (χ3n) is 6.06. The Kier molecular flexibility index (Phi) is 2.29. The fraction of sp³-hybridized carbons (Fsp3) is 0.286. The predicted octanol–water partition coefficient (Wildman–Crippen LogP) is 4.81. The molecule has 0 radical (unpaired) electrons. The third-order valence-corrected chi connectivity index (χ3v) is 6.06. The van der Waals surface area contributed by atoms with Crippen molar-refractivity contribution >= 4 is 0 Å². The highest BCUT2D eigenvalue weighted by molar-refractivity contribution is 5.79. The molecule has 2 aromatic rings. The number of rotatable bonds is 0. The maximum atomic E-state index is 10.2. The SMILES string of the molecule is N#C[C@]12c3ccccc3-c3ccccc3C1C1CCC=CC12. The van der Waals surface area contributed by atoms with E-state index in [1.807, 2.05) is 0 Å². The quantitative estimate of drug-likeness (QED) is 0.637. The van der Waals surface area contributed by atoms with Gasteiger partial charge >= 0.3 is 0 Å². The lowest BCUT2D eigenvalue weighted by Gasteiger charge is -2.61. The summed E-state index contributed by atoms with van der Waals surface area (Å²) in [5, 5.41) is 10.2. The maximum absolute atomic E-state index is 10.2. The summed E-state index contributed by atoms with van der Waals surface area (Å²) in [6.45, 7) is 0. The molecule has 1 saturated carbocycles. The van der Waals surface area contributed by atoms with E-state index >= 15 is 0 Å². The van der Waals surface area contributed by atoms with Crippen LogP contribution in [0.2, 0.25) is 0 Å². The number of fused-ring (bicyclic) bond motifs is 9. The van der Waals surface area contributed by atoms with E-state index in [1.165, 1.54) is 28.7 Å². The van der Waals surface area contributed by atoms with E-state index in [4.69, 9.17) is 0 Å². The van der Waals surface area contributed by atoms with Gasteiger partial charge in [0.05, 0.1) is 11.5 Å². The lowest BCUT2D eigenvalue weighted by molar-refractivity contribution is 0.0569. The molecule has 5 rings (SSSR count). The maximum Gasteiger partial charge on any atom is 0.0964 e. The molecule has 2 aromatic carbocycles. The van der Waals surface area contributed by atoms with Gasteiger partial charge < -0.3 is 0 Å². The van der Waals surface area contributed by atoms with Crippen molar-refractivity contribution in [2.75, 3.05) is 0 Å². The lowest BCUT2D eigenvalue weighted by Crippen LogP contribution is -2.59. The van der Waals surface area contributed by atoms with Crippen LogP contribution in [-0.4, -0.2) is 0 Å². The van der Waals surface area contributed by atoms with Gasteiger partial charge in [-0.2, -0.15) is 5.26 Å². The minimum Gasteiger partial charge on any atom is -0.197 e. The molecule has 4 atom stereocenters. The summed E-state index contributed by atoms with van der Waals surface area (Å²) in [6, 6.07) is 20.0. The monoisotopic (exact) mass is 283 g/mol. The Hall–Kier alpha value is -2.33. The van der Waals surface area contributed by atoms with E-state index in [9.17, 15) is 5.26 Å². The van der Waals surface area contributed by atoms with E-state index in [0.717, 1.165) is 6.42 Å². The summed E-state index contributed by atoms with van der Waals surface area (Å²) < 4.78 is 0. The molecule has 1 nitrogen and oxygen atoms in total. The molecule has 0 amide bonds. The summed E-state index contributed by atoms with van der Waals surface area (Å²) in [6.07, 6.45) is 6.97. The molecule has 0 bridgehead atoms. The highest BCUT2D eigenvalue weighted by Crippen LogP contribution is 2.69. The molecule has 0 saturated heterocycles. The zero-order valence-electron chi connectivity index (χ0n) is 12.4. The Morgan fingerprint density at radius 2 is 1.77 bits per heavy atom. The molecule has 3 unspecified atom stereocenters. The van der Waals surface area contributed by atoms with Crippen molar-refractivity contribution in [2.45, 2.75) is 24.2 Å². The summed E-state index contributed by atoms with van der Waals surface area (Å²) in [5.74, 6) is 1.36. The topological polar surface area (TPSA) is 23.8 Å². The van der Waals surface area contributed by atoms with Crippen LogP contribution in [0.3, 0.4) is 0 Å². The molecule has 3 aliphatic rings. The molecule has 1 heteroatoms. The number of nitriles is 1. The number of allylic oxidation sites excluding steroid dienone is 2. The molecular formula is C21H17N. The van der Waals surface area contributed by atoms with Gasteiger partial charge in [0, 0.05) is 11.8 Å². The van der Waals surface area contributed by atoms with Crippen molar-refractivity contribution in [2.24, 2.45) is 11.8 Å². The number of hydrogen-bond donors (Lipinski definition) is 0. The summed E-state index contributed by atoms with van der Waals surface area (Å²) in [5.41, 5.74) is 4.87. The molecule has 0 heterocycles. The second kappa shape index (κ2) is 4.11. The van der Waals surface area contributed by atoms with Gasteiger partial charge in [0.15, 0.2) is 0 Å². The Bertz CT molecular complexity index is 841. The second-order valence-corrected chi connectivity index (χ2v) is 6.79. The first-order valence-corrected chi connectivity index (χ1v) is 8.14. The average molecular weight is 283 g/mol. The number of nitrogens with zero attached hydrogens (tertiary/aromatic N) is 1. The Balaban J connectivity index is 1.86. The number of benzene rings is 2. The van der Waals surface area contributed by atoms with Crippen LogP contribution in [0.15, 0.2) is 60.7 Å². The molecule has 3 aliphatic carbocycles. The lowest BCUT2D eigenvalue weighted by atomic mass is 9.39. The molecule has 1 fully saturated rings. The van der Waals surface area contributed by atoms with Gasteiger partial charge in [-0.1, -0.05) is 60.7 Å². The molecule has 0 aromatic heterocycles. The van der Waals surface area contributed by atoms with Gasteiger partial charge in [0.25, 0.3) is 0 Å². The third kappa shape index (κ3) is 1.21. The fourth-order valence-corrected chi connectivity index (χ4v) is 5.26. The van der Waals surface area contributed by atoms with Gasteiger partial charge in [-0.3, -0.25) is 0 Å². The second-order valence-electron chi connectivity index (χ2n) is 6.79. The minimum atomic E-state index is -0.355. The van der Waals surface area contributed by atoms with Gasteiger partial charge in [-0.05, 0) is 41.0 Å². The first kappa shape index (κ1) is 12.2. The van der Waals surface area contributed by atoms with Crippen molar-refractivity contribution in [3.63, 3.8) is 0 Å². The summed E-state index contributed by atoms with van der Waals surface area (Å²) >= 11 is 0. The van der Waals surface area contributed by atoms with Crippen LogP contribution in [0.4, 0.5) is 0 Å². The van der Waals surface area contributed by atoms with Gasteiger partial charge in [0.2, 0.25) is 0 Å². The van der Waals surface area contributed by atoms with Crippen LogP contribution in [0.25, 0.3) is 11.1 Å². The largest absolute Gasteiger partial charge is 0.197 e. The van der Waals surface area contributed by atoms with E-state index in [0.29, 0.717) is 17.8 Å². The fourth-order valence-electron chi connectivity index (χ4n) is 5.26. The minimum absolute atomic E-state index is 0.355. The van der Waals surface area contributed by atoms with E-state index in [-0.39, 0.29) is 5.41 Å². The van der Waals surface area contributed by atoms with Crippen LogP contribution >= 0.6 is 0 Å². The van der Waals surface area contributed by atoms with Crippen LogP contribution in [0.1, 0.15) is 29.9 Å². The van der Waals surface area contributed by atoms with Crippen molar-refractivity contribution in [3.8, 4) is 17.2 Å². The summed E-state index contributed by atoms with van der Waals surface area (Å²) in [4.78, 5) is 0. The number of hydrogen-bond acceptors (Lipinski definition) is 1. The zero-order chi connectivity index (χ0) is 14.7. The van der Waals surface area contributed by atoms with Gasteiger partial charge in [-0.15, -0.1) is 0 Å². The van der Waals surface area contributed by atoms with E-state index < -0.39 is 0 Å². The molecule has 106 valence electrons. The van der Waals surface area contributed by atoms with Crippen LogP contribution in [0, 0.1) is 23.2 Å². The van der Waals surface area contributed by atoms with E-state index in [2.05, 4.69) is 66.8 Å². The average Bonchev–Trinajstić information content (AvgIpc) is 2.58. The highest BCUT2D eigenvalue weighted by atomic mass is 14.7. The normalized spacial score (nSPS) is 33.5. The first-order chi connectivity index (χ1) is 10.9. The smallest absolute Gasteiger partial charge is 0.0964 e. The van der Waals surface area contributed by atoms with Gasteiger partial charge in [-0.25, -0.2) is 0 Å².